The highest BCUT2D eigenvalue weighted by atomic mass is 35.5. The van der Waals surface area contributed by atoms with Crippen molar-refractivity contribution in [1.29, 1.82) is 0 Å². The first-order valence-electron chi connectivity index (χ1n) is 8.67. The molecule has 1 heterocycles. The van der Waals surface area contributed by atoms with E-state index in [1.807, 2.05) is 48.7 Å². The number of hydrogen-bond acceptors (Lipinski definition) is 3. The summed E-state index contributed by atoms with van der Waals surface area (Å²) in [6.45, 7) is 2.64. The third-order valence-corrected chi connectivity index (χ3v) is 6.25. The van der Waals surface area contributed by atoms with E-state index >= 15 is 0 Å². The number of nitrogens with one attached hydrogen (secondary N) is 1. The lowest BCUT2D eigenvalue weighted by Gasteiger charge is -2.31. The Labute approximate surface area is 169 Å². The summed E-state index contributed by atoms with van der Waals surface area (Å²) < 4.78 is 0. The summed E-state index contributed by atoms with van der Waals surface area (Å²) in [5, 5.41) is 4.27. The van der Waals surface area contributed by atoms with E-state index in [9.17, 15) is 4.79 Å². The predicted octanol–water partition coefficient (Wildman–Crippen LogP) is 5.57. The molecule has 26 heavy (non-hydrogen) atoms. The van der Waals surface area contributed by atoms with Crippen molar-refractivity contribution < 1.29 is 4.79 Å². The molecule has 0 atom stereocenters. The highest BCUT2D eigenvalue weighted by Gasteiger charge is 2.25. The summed E-state index contributed by atoms with van der Waals surface area (Å²) in [4.78, 5) is 16.1. The molecule has 1 saturated heterocycles. The Bertz CT molecular complexity index is 776. The number of para-hydroxylation sites is 1. The number of hydrogen-bond donors (Lipinski definition) is 1. The zero-order valence-corrected chi connectivity index (χ0v) is 17.0. The van der Waals surface area contributed by atoms with Crippen LogP contribution in [0.3, 0.4) is 0 Å². The van der Waals surface area contributed by atoms with Gasteiger partial charge in [-0.25, -0.2) is 0 Å². The zero-order valence-electron chi connectivity index (χ0n) is 14.7. The minimum atomic E-state index is 0.0648. The van der Waals surface area contributed by atoms with Crippen molar-refractivity contribution in [3.05, 3.63) is 58.1 Å². The number of likely N-dealkylation sites (tertiary alicyclic amines) is 1. The molecule has 1 amide bonds. The van der Waals surface area contributed by atoms with E-state index in [0.717, 1.165) is 48.6 Å². The lowest BCUT2D eigenvalue weighted by molar-refractivity contribution is -0.121. The van der Waals surface area contributed by atoms with Crippen molar-refractivity contribution >= 4 is 46.6 Å². The molecule has 0 unspecified atom stereocenters. The number of anilines is 1. The lowest BCUT2D eigenvalue weighted by Crippen LogP contribution is -2.37. The first-order chi connectivity index (χ1) is 12.6. The van der Waals surface area contributed by atoms with Crippen LogP contribution in [0.15, 0.2) is 47.4 Å². The van der Waals surface area contributed by atoms with Crippen molar-refractivity contribution in [1.82, 2.24) is 4.90 Å². The summed E-state index contributed by atoms with van der Waals surface area (Å²) in [7, 11) is 0. The molecule has 2 aromatic carbocycles. The van der Waals surface area contributed by atoms with Crippen LogP contribution in [0.5, 0.6) is 0 Å². The van der Waals surface area contributed by atoms with Gasteiger partial charge in [0.15, 0.2) is 0 Å². The molecule has 1 N–H and O–H groups in total. The fourth-order valence-electron chi connectivity index (χ4n) is 3.23. The maximum Gasteiger partial charge on any atom is 0.227 e. The number of carbonyl (C=O) groups excluding carboxylic acids is 1. The van der Waals surface area contributed by atoms with Gasteiger partial charge in [-0.15, -0.1) is 11.8 Å². The topological polar surface area (TPSA) is 32.3 Å². The van der Waals surface area contributed by atoms with E-state index in [-0.39, 0.29) is 11.8 Å². The van der Waals surface area contributed by atoms with Crippen LogP contribution >= 0.6 is 35.0 Å². The number of thioether (sulfide) groups is 1. The molecule has 0 bridgehead atoms. The molecule has 0 radical (unpaired) electrons. The van der Waals surface area contributed by atoms with Crippen LogP contribution in [0.4, 0.5) is 5.69 Å². The van der Waals surface area contributed by atoms with Crippen molar-refractivity contribution in [3.63, 3.8) is 0 Å². The first-order valence-corrected chi connectivity index (χ1v) is 10.6. The van der Waals surface area contributed by atoms with Gasteiger partial charge in [-0.1, -0.05) is 41.4 Å². The smallest absolute Gasteiger partial charge is 0.227 e. The van der Waals surface area contributed by atoms with Crippen LogP contribution in [0, 0.1) is 5.92 Å². The molecule has 1 aliphatic heterocycles. The summed E-state index contributed by atoms with van der Waals surface area (Å²) >= 11 is 13.7. The maximum absolute atomic E-state index is 12.6. The van der Waals surface area contributed by atoms with Gasteiger partial charge in [0.1, 0.15) is 0 Å². The standard InChI is InChI=1S/C20H22Cl2N2OS/c1-26-19-5-3-2-4-18(19)23-20(25)15-8-10-24(11-9-15)13-14-6-7-16(21)17(22)12-14/h2-7,12,15H,8-11,13H2,1H3,(H,23,25). The lowest BCUT2D eigenvalue weighted by atomic mass is 9.95. The summed E-state index contributed by atoms with van der Waals surface area (Å²) in [5.74, 6) is 0.190. The molecule has 0 aliphatic carbocycles. The molecule has 3 nitrogen and oxygen atoms in total. The van der Waals surface area contributed by atoms with E-state index in [4.69, 9.17) is 23.2 Å². The molecule has 1 aliphatic rings. The highest BCUT2D eigenvalue weighted by Crippen LogP contribution is 2.28. The number of piperidine rings is 1. The quantitative estimate of drug-likeness (QED) is 0.656. The van der Waals surface area contributed by atoms with Gasteiger partial charge >= 0.3 is 0 Å². The second kappa shape index (κ2) is 9.14. The Hall–Kier alpha value is -1.20. The molecule has 0 spiro atoms. The van der Waals surface area contributed by atoms with Gasteiger partial charge < -0.3 is 5.32 Å². The van der Waals surface area contributed by atoms with E-state index in [0.29, 0.717) is 10.0 Å². The van der Waals surface area contributed by atoms with Gasteiger partial charge in [0.05, 0.1) is 15.7 Å². The normalized spacial score (nSPS) is 15.8. The highest BCUT2D eigenvalue weighted by molar-refractivity contribution is 7.98. The van der Waals surface area contributed by atoms with Crippen molar-refractivity contribution in [3.8, 4) is 0 Å². The second-order valence-electron chi connectivity index (χ2n) is 6.49. The Kier molecular flexibility index (Phi) is 6.87. The number of amides is 1. The SMILES string of the molecule is CSc1ccccc1NC(=O)C1CCN(Cc2ccc(Cl)c(Cl)c2)CC1. The number of benzene rings is 2. The van der Waals surface area contributed by atoms with Gasteiger partial charge in [0, 0.05) is 17.4 Å². The monoisotopic (exact) mass is 408 g/mol. The molecule has 3 rings (SSSR count). The second-order valence-corrected chi connectivity index (χ2v) is 8.15. The number of nitrogens with zero attached hydrogens (tertiary/aromatic N) is 1. The Morgan fingerprint density at radius 3 is 2.58 bits per heavy atom. The molecule has 1 fully saturated rings. The Morgan fingerprint density at radius 1 is 1.15 bits per heavy atom. The molecule has 0 aromatic heterocycles. The summed E-state index contributed by atoms with van der Waals surface area (Å²) in [5.41, 5.74) is 2.06. The summed E-state index contributed by atoms with van der Waals surface area (Å²) in [6.07, 6.45) is 3.76. The van der Waals surface area contributed by atoms with Crippen LogP contribution < -0.4 is 5.32 Å². The van der Waals surface area contributed by atoms with Crippen molar-refractivity contribution in [2.45, 2.75) is 24.3 Å². The van der Waals surface area contributed by atoms with Crippen LogP contribution in [0.1, 0.15) is 18.4 Å². The molecule has 0 saturated carbocycles. The molecule has 6 heteroatoms. The minimum Gasteiger partial charge on any atom is -0.325 e. The molecular weight excluding hydrogens is 387 g/mol. The van der Waals surface area contributed by atoms with Gasteiger partial charge in [0.2, 0.25) is 5.91 Å². The van der Waals surface area contributed by atoms with Gasteiger partial charge in [-0.05, 0) is 62.0 Å². The number of rotatable bonds is 5. The first kappa shape index (κ1) is 19.6. The Balaban J connectivity index is 1.53. The predicted molar refractivity (Wildman–Crippen MR) is 111 cm³/mol. The molecule has 2 aromatic rings. The number of halogens is 2. The van der Waals surface area contributed by atoms with Crippen molar-refractivity contribution in [2.24, 2.45) is 5.92 Å². The van der Waals surface area contributed by atoms with Crippen LogP contribution in [0.25, 0.3) is 0 Å². The van der Waals surface area contributed by atoms with Crippen LogP contribution in [0.2, 0.25) is 10.0 Å². The van der Waals surface area contributed by atoms with Gasteiger partial charge in [-0.3, -0.25) is 9.69 Å². The van der Waals surface area contributed by atoms with Gasteiger partial charge in [-0.2, -0.15) is 0 Å². The van der Waals surface area contributed by atoms with E-state index in [2.05, 4.69) is 10.2 Å². The average molecular weight is 409 g/mol. The maximum atomic E-state index is 12.6. The fraction of sp³-hybridized carbons (Fsp3) is 0.350. The van der Waals surface area contributed by atoms with Gasteiger partial charge in [0.25, 0.3) is 0 Å². The van der Waals surface area contributed by atoms with Crippen LogP contribution in [-0.4, -0.2) is 30.2 Å². The third-order valence-electron chi connectivity index (χ3n) is 4.71. The zero-order chi connectivity index (χ0) is 18.5. The average Bonchev–Trinajstić information content (AvgIpc) is 2.66. The van der Waals surface area contributed by atoms with Crippen LogP contribution in [-0.2, 0) is 11.3 Å². The molecule has 138 valence electrons. The fourth-order valence-corrected chi connectivity index (χ4v) is 4.11. The van der Waals surface area contributed by atoms with E-state index < -0.39 is 0 Å². The Morgan fingerprint density at radius 2 is 1.88 bits per heavy atom. The summed E-state index contributed by atoms with van der Waals surface area (Å²) in [6, 6.07) is 13.7. The number of carbonyl (C=O) groups is 1. The molecular formula is C20H22Cl2N2OS. The minimum absolute atomic E-state index is 0.0648. The largest absolute Gasteiger partial charge is 0.325 e. The van der Waals surface area contributed by atoms with Crippen molar-refractivity contribution in [2.75, 3.05) is 24.7 Å². The van der Waals surface area contributed by atoms with E-state index in [1.165, 1.54) is 0 Å². The third kappa shape index (κ3) is 4.95. The van der Waals surface area contributed by atoms with E-state index in [1.54, 1.807) is 11.8 Å².